The molecule has 0 atom stereocenters. The van der Waals surface area contributed by atoms with Crippen molar-refractivity contribution in [1.82, 2.24) is 0 Å². The van der Waals surface area contributed by atoms with Crippen LogP contribution in [0, 0.1) is 0 Å². The van der Waals surface area contributed by atoms with E-state index in [0.29, 0.717) is 0 Å². The molecule has 2 rings (SSSR count). The summed E-state index contributed by atoms with van der Waals surface area (Å²) in [6.45, 7) is 0. The summed E-state index contributed by atoms with van der Waals surface area (Å²) in [5, 5.41) is 0. The largest absolute Gasteiger partial charge is 0.378 e. The van der Waals surface area contributed by atoms with Crippen LogP contribution in [0.15, 0.2) is 48.8 Å². The van der Waals surface area contributed by atoms with Crippen LogP contribution in [0.2, 0.25) is 0 Å². The summed E-state index contributed by atoms with van der Waals surface area (Å²) in [5.41, 5.74) is 3.65. The molecule has 1 heterocycles. The number of nitrogens with zero attached hydrogens (tertiary/aromatic N) is 2. The van der Waals surface area contributed by atoms with Gasteiger partial charge in [0, 0.05) is 64.6 Å². The summed E-state index contributed by atoms with van der Waals surface area (Å²) in [7, 11) is 6.12. The number of hydrogen-bond acceptors (Lipinski definition) is 1. The van der Waals surface area contributed by atoms with Crippen molar-refractivity contribution in [3.8, 4) is 0 Å². The Balaban J connectivity index is 0.00000180. The van der Waals surface area contributed by atoms with E-state index >= 15 is 0 Å². The fourth-order valence-electron chi connectivity index (χ4n) is 1.70. The van der Waals surface area contributed by atoms with Crippen molar-refractivity contribution in [1.29, 1.82) is 0 Å². The standard InChI is InChI=1S/C16H19N2.Y/c1-17(2)16-8-6-14(7-9-16)4-5-15-10-12-18(3)13-11-15;/h4-13H,1-3H3;/q+1;. The molecule has 0 unspecified atom stereocenters. The van der Waals surface area contributed by atoms with Gasteiger partial charge in [-0.05, 0) is 23.3 Å². The molecule has 1 aromatic carbocycles. The molecule has 0 aliphatic carbocycles. The van der Waals surface area contributed by atoms with Gasteiger partial charge in [0.25, 0.3) is 0 Å². The van der Waals surface area contributed by atoms with E-state index in [0.717, 1.165) is 0 Å². The molecule has 0 aliphatic rings. The van der Waals surface area contributed by atoms with Gasteiger partial charge < -0.3 is 4.90 Å². The molecule has 0 spiro atoms. The molecule has 0 amide bonds. The summed E-state index contributed by atoms with van der Waals surface area (Å²) >= 11 is 0. The Hall–Kier alpha value is -0.986. The summed E-state index contributed by atoms with van der Waals surface area (Å²) in [6, 6.07) is 12.7. The minimum absolute atomic E-state index is 0. The van der Waals surface area contributed by atoms with Gasteiger partial charge in [0.05, 0.1) is 0 Å². The van der Waals surface area contributed by atoms with Crippen LogP contribution in [-0.4, -0.2) is 14.1 Å². The van der Waals surface area contributed by atoms with Crippen LogP contribution in [0.1, 0.15) is 11.1 Å². The molecule has 2 nitrogen and oxygen atoms in total. The molecule has 0 aliphatic heterocycles. The maximum atomic E-state index is 2.13. The zero-order chi connectivity index (χ0) is 13.0. The van der Waals surface area contributed by atoms with Crippen LogP contribution in [0.4, 0.5) is 5.69 Å². The third-order valence-electron chi connectivity index (χ3n) is 2.88. The van der Waals surface area contributed by atoms with Crippen molar-refractivity contribution in [3.63, 3.8) is 0 Å². The van der Waals surface area contributed by atoms with Gasteiger partial charge in [-0.25, -0.2) is 4.57 Å². The molecular weight excluding hydrogens is 309 g/mol. The summed E-state index contributed by atoms with van der Waals surface area (Å²) in [5.74, 6) is 0. The number of aryl methyl sites for hydroxylation is 1. The second-order valence-electron chi connectivity index (χ2n) is 4.62. The zero-order valence-corrected chi connectivity index (χ0v) is 14.6. The van der Waals surface area contributed by atoms with Crippen molar-refractivity contribution in [2.75, 3.05) is 19.0 Å². The Morgan fingerprint density at radius 3 is 1.79 bits per heavy atom. The molecule has 1 radical (unpaired) electrons. The van der Waals surface area contributed by atoms with Gasteiger partial charge in [0.2, 0.25) is 0 Å². The first-order chi connectivity index (χ1) is 8.65. The van der Waals surface area contributed by atoms with E-state index in [-0.39, 0.29) is 32.7 Å². The van der Waals surface area contributed by atoms with E-state index in [2.05, 4.69) is 79.9 Å². The molecular formula is C16H19N2Y+. The Labute approximate surface area is 140 Å². The van der Waals surface area contributed by atoms with Crippen LogP contribution in [0.3, 0.4) is 0 Å². The molecule has 2 aromatic rings. The third kappa shape index (κ3) is 4.89. The smallest absolute Gasteiger partial charge is 0.169 e. The maximum absolute atomic E-state index is 2.13. The SMILES string of the molecule is CN(C)c1ccc(C=Cc2cc[n+](C)cc2)cc1.[Y]. The molecule has 0 saturated carbocycles. The van der Waals surface area contributed by atoms with Crippen LogP contribution in [0.5, 0.6) is 0 Å². The van der Waals surface area contributed by atoms with Gasteiger partial charge >= 0.3 is 0 Å². The van der Waals surface area contributed by atoms with Crippen molar-refractivity contribution in [2.45, 2.75) is 0 Å². The normalized spacial score (nSPS) is 10.3. The van der Waals surface area contributed by atoms with E-state index in [4.69, 9.17) is 0 Å². The Morgan fingerprint density at radius 1 is 0.842 bits per heavy atom. The minimum Gasteiger partial charge on any atom is -0.378 e. The Kier molecular flexibility index (Phi) is 6.40. The van der Waals surface area contributed by atoms with E-state index in [1.807, 2.05) is 11.6 Å². The van der Waals surface area contributed by atoms with E-state index in [1.54, 1.807) is 0 Å². The van der Waals surface area contributed by atoms with Gasteiger partial charge in [0.15, 0.2) is 12.4 Å². The summed E-state index contributed by atoms with van der Waals surface area (Å²) in [4.78, 5) is 2.10. The minimum atomic E-state index is 0. The molecule has 19 heavy (non-hydrogen) atoms. The molecule has 1 aromatic heterocycles. The molecule has 0 fully saturated rings. The molecule has 3 heteroatoms. The predicted octanol–water partition coefficient (Wildman–Crippen LogP) is 2.75. The van der Waals surface area contributed by atoms with Crippen LogP contribution >= 0.6 is 0 Å². The van der Waals surface area contributed by atoms with E-state index in [9.17, 15) is 0 Å². The van der Waals surface area contributed by atoms with Crippen LogP contribution in [-0.2, 0) is 39.8 Å². The monoisotopic (exact) mass is 328 g/mol. The van der Waals surface area contributed by atoms with Crippen molar-refractivity contribution in [2.24, 2.45) is 7.05 Å². The fourth-order valence-corrected chi connectivity index (χ4v) is 1.70. The first kappa shape index (κ1) is 16.1. The number of aromatic nitrogens is 1. The first-order valence-electron chi connectivity index (χ1n) is 6.06. The quantitative estimate of drug-likeness (QED) is 0.786. The second-order valence-corrected chi connectivity index (χ2v) is 4.62. The third-order valence-corrected chi connectivity index (χ3v) is 2.88. The molecule has 0 bridgehead atoms. The number of rotatable bonds is 3. The number of pyridine rings is 1. The number of anilines is 1. The van der Waals surface area contributed by atoms with E-state index in [1.165, 1.54) is 16.8 Å². The van der Waals surface area contributed by atoms with Gasteiger partial charge in [-0.2, -0.15) is 0 Å². The van der Waals surface area contributed by atoms with Gasteiger partial charge in [0.1, 0.15) is 7.05 Å². The first-order valence-corrected chi connectivity index (χ1v) is 6.06. The zero-order valence-electron chi connectivity index (χ0n) is 11.7. The topological polar surface area (TPSA) is 7.12 Å². The van der Waals surface area contributed by atoms with Crippen molar-refractivity contribution < 1.29 is 37.3 Å². The average molecular weight is 328 g/mol. The number of benzene rings is 1. The Morgan fingerprint density at radius 2 is 1.32 bits per heavy atom. The Bertz CT molecular complexity index is 528. The summed E-state index contributed by atoms with van der Waals surface area (Å²) in [6.07, 6.45) is 8.36. The molecule has 0 saturated heterocycles. The average Bonchev–Trinajstić information content (AvgIpc) is 2.38. The fraction of sp³-hybridized carbons (Fsp3) is 0.188. The molecule has 95 valence electrons. The van der Waals surface area contributed by atoms with Gasteiger partial charge in [-0.3, -0.25) is 0 Å². The molecule has 0 N–H and O–H groups in total. The predicted molar refractivity (Wildman–Crippen MR) is 77.3 cm³/mol. The second kappa shape index (κ2) is 7.57. The van der Waals surface area contributed by atoms with Crippen LogP contribution < -0.4 is 9.47 Å². The van der Waals surface area contributed by atoms with Gasteiger partial charge in [-0.1, -0.05) is 24.3 Å². The van der Waals surface area contributed by atoms with E-state index < -0.39 is 0 Å². The van der Waals surface area contributed by atoms with Crippen molar-refractivity contribution >= 4 is 17.8 Å². The van der Waals surface area contributed by atoms with Crippen molar-refractivity contribution in [3.05, 3.63) is 59.9 Å². The van der Waals surface area contributed by atoms with Crippen LogP contribution in [0.25, 0.3) is 12.2 Å². The maximum Gasteiger partial charge on any atom is 0.169 e. The van der Waals surface area contributed by atoms with Gasteiger partial charge in [-0.15, -0.1) is 0 Å². The number of hydrogen-bond donors (Lipinski definition) is 0. The summed E-state index contributed by atoms with van der Waals surface area (Å²) < 4.78 is 2.03.